The molecule has 1 atom stereocenters. The summed E-state index contributed by atoms with van der Waals surface area (Å²) in [6.45, 7) is 0.293. The Bertz CT molecular complexity index is 573. The zero-order chi connectivity index (χ0) is 15.2. The Morgan fingerprint density at radius 1 is 1.43 bits per heavy atom. The quantitative estimate of drug-likeness (QED) is 0.497. The lowest BCUT2D eigenvalue weighted by molar-refractivity contribution is -0.135. The Morgan fingerprint density at radius 2 is 2.24 bits per heavy atom. The number of aliphatic hydroxyl groups is 1. The summed E-state index contributed by atoms with van der Waals surface area (Å²) in [5.41, 5.74) is 0.985. The van der Waals surface area contributed by atoms with Gasteiger partial charge in [-0.25, -0.2) is 0 Å². The minimum Gasteiger partial charge on any atom is -0.480 e. The molecule has 0 radical (unpaired) electrons. The van der Waals surface area contributed by atoms with Crippen LogP contribution in [0.2, 0.25) is 0 Å². The van der Waals surface area contributed by atoms with Gasteiger partial charge in [0.2, 0.25) is 0 Å². The first-order valence-corrected chi connectivity index (χ1v) is 6.38. The van der Waals surface area contributed by atoms with Gasteiger partial charge in [-0.2, -0.15) is 0 Å². The summed E-state index contributed by atoms with van der Waals surface area (Å²) in [6, 6.07) is 6.61. The number of β-amino-alcohol motifs (C(OH)–C–C–N with tert-alkyl or cyclic N) is 1. The lowest BCUT2D eigenvalue weighted by Gasteiger charge is -2.20. The monoisotopic (exact) mass is 292 g/mol. The van der Waals surface area contributed by atoms with Crippen molar-refractivity contribution in [2.24, 2.45) is 4.99 Å². The smallest absolute Gasteiger partial charge is 0.322 e. The maximum Gasteiger partial charge on any atom is 0.322 e. The number of nitrogens with zero attached hydrogens (tertiary/aromatic N) is 1. The van der Waals surface area contributed by atoms with Gasteiger partial charge in [0.1, 0.15) is 6.54 Å². The molecule has 0 spiro atoms. The van der Waals surface area contributed by atoms with Gasteiger partial charge in [0.25, 0.3) is 5.91 Å². The molecular weight excluding hydrogens is 276 g/mol. The average molecular weight is 292 g/mol. The number of carboxylic acid groups (broad SMARTS) is 1. The summed E-state index contributed by atoms with van der Waals surface area (Å²) >= 11 is 0. The molecule has 0 aromatic heterocycles. The van der Waals surface area contributed by atoms with Gasteiger partial charge in [0.05, 0.1) is 12.6 Å². The second kappa shape index (κ2) is 6.71. The molecule has 0 aliphatic carbocycles. The van der Waals surface area contributed by atoms with E-state index in [1.807, 2.05) is 0 Å². The second-order valence-corrected chi connectivity index (χ2v) is 4.51. The topological polar surface area (TPSA) is 123 Å². The third-order valence-electron chi connectivity index (χ3n) is 2.75. The molecule has 8 nitrogen and oxygen atoms in total. The molecule has 2 rings (SSSR count). The highest BCUT2D eigenvalue weighted by molar-refractivity contribution is 5.99. The number of aliphatic imine (C=N–C) groups is 1. The van der Waals surface area contributed by atoms with Crippen LogP contribution in [-0.4, -0.2) is 53.8 Å². The van der Waals surface area contributed by atoms with Crippen molar-refractivity contribution in [3.63, 3.8) is 0 Å². The van der Waals surface area contributed by atoms with Crippen LogP contribution in [-0.2, 0) is 4.79 Å². The molecule has 8 heteroatoms. The van der Waals surface area contributed by atoms with E-state index in [0.29, 0.717) is 30.3 Å². The van der Waals surface area contributed by atoms with Gasteiger partial charge in [0, 0.05) is 17.8 Å². The number of nitrogens with one attached hydrogen (secondary N) is 3. The van der Waals surface area contributed by atoms with Gasteiger partial charge in [-0.3, -0.25) is 14.6 Å². The Balaban J connectivity index is 2.00. The Morgan fingerprint density at radius 3 is 2.90 bits per heavy atom. The maximum atomic E-state index is 11.8. The summed E-state index contributed by atoms with van der Waals surface area (Å²) in [5, 5.41) is 26.0. The Hall–Kier alpha value is -2.61. The summed E-state index contributed by atoms with van der Waals surface area (Å²) in [6.07, 6.45) is -0.497. The summed E-state index contributed by atoms with van der Waals surface area (Å²) in [4.78, 5) is 26.3. The minimum atomic E-state index is -1.10. The third-order valence-corrected chi connectivity index (χ3v) is 2.75. The van der Waals surface area contributed by atoms with E-state index in [1.54, 1.807) is 24.3 Å². The van der Waals surface area contributed by atoms with Crippen LogP contribution in [0.15, 0.2) is 29.3 Å². The summed E-state index contributed by atoms with van der Waals surface area (Å²) < 4.78 is 0. The molecule has 0 fully saturated rings. The first kappa shape index (κ1) is 14.8. The normalized spacial score (nSPS) is 17.4. The average Bonchev–Trinajstić information content (AvgIpc) is 2.47. The zero-order valence-corrected chi connectivity index (χ0v) is 11.2. The van der Waals surface area contributed by atoms with Crippen LogP contribution < -0.4 is 16.0 Å². The van der Waals surface area contributed by atoms with Crippen molar-refractivity contribution in [3.8, 4) is 0 Å². The Labute approximate surface area is 120 Å². The van der Waals surface area contributed by atoms with E-state index in [0.717, 1.165) is 0 Å². The third kappa shape index (κ3) is 4.46. The standard InChI is InChI=1S/C13H16N4O4/c18-10-5-15-13(16-6-10)17-9-3-1-2-8(4-9)12(21)14-7-11(19)20/h1-4,10,18H,5-7H2,(H,14,21)(H,19,20)(H2,15,16,17). The number of carboxylic acids is 1. The van der Waals surface area contributed by atoms with E-state index in [-0.39, 0.29) is 0 Å². The molecule has 0 saturated carbocycles. The van der Waals surface area contributed by atoms with Gasteiger partial charge >= 0.3 is 5.97 Å². The van der Waals surface area contributed by atoms with Gasteiger partial charge < -0.3 is 26.2 Å². The van der Waals surface area contributed by atoms with Crippen LogP contribution in [0.25, 0.3) is 0 Å². The lowest BCUT2D eigenvalue weighted by atomic mass is 10.2. The first-order chi connectivity index (χ1) is 10.0. The maximum absolute atomic E-state index is 11.8. The van der Waals surface area contributed by atoms with Crippen LogP contribution in [0, 0.1) is 0 Å². The largest absolute Gasteiger partial charge is 0.480 e. The van der Waals surface area contributed by atoms with Gasteiger partial charge in [0.15, 0.2) is 5.96 Å². The number of aliphatic carboxylic acids is 1. The molecule has 0 bridgehead atoms. The van der Waals surface area contributed by atoms with Crippen molar-refractivity contribution in [2.45, 2.75) is 6.10 Å². The lowest BCUT2D eigenvalue weighted by Crippen LogP contribution is -2.42. The molecule has 112 valence electrons. The van der Waals surface area contributed by atoms with E-state index < -0.39 is 24.5 Å². The molecule has 1 aromatic rings. The number of carbonyl (C=O) groups is 2. The number of guanidine groups is 1. The van der Waals surface area contributed by atoms with Crippen LogP contribution >= 0.6 is 0 Å². The van der Waals surface area contributed by atoms with E-state index in [4.69, 9.17) is 5.11 Å². The van der Waals surface area contributed by atoms with Crippen LogP contribution in [0.5, 0.6) is 0 Å². The Kier molecular flexibility index (Phi) is 4.72. The molecule has 1 aliphatic rings. The summed E-state index contributed by atoms with van der Waals surface area (Å²) in [7, 11) is 0. The highest BCUT2D eigenvalue weighted by Gasteiger charge is 2.12. The van der Waals surface area contributed by atoms with E-state index in [9.17, 15) is 14.7 Å². The molecule has 0 saturated heterocycles. The van der Waals surface area contributed by atoms with Crippen LogP contribution in [0.1, 0.15) is 10.4 Å². The first-order valence-electron chi connectivity index (χ1n) is 6.38. The second-order valence-electron chi connectivity index (χ2n) is 4.51. The van der Waals surface area contributed by atoms with Crippen LogP contribution in [0.4, 0.5) is 5.69 Å². The fourth-order valence-electron chi connectivity index (χ4n) is 1.75. The predicted octanol–water partition coefficient (Wildman–Crippen LogP) is -0.767. The van der Waals surface area contributed by atoms with Gasteiger partial charge in [-0.15, -0.1) is 0 Å². The molecule has 5 N–H and O–H groups in total. The van der Waals surface area contributed by atoms with E-state index in [2.05, 4.69) is 20.9 Å². The van der Waals surface area contributed by atoms with Crippen molar-refractivity contribution in [3.05, 3.63) is 29.8 Å². The number of amides is 1. The molecular formula is C13H16N4O4. The van der Waals surface area contributed by atoms with Crippen molar-refractivity contribution < 1.29 is 19.8 Å². The molecule has 1 heterocycles. The fraction of sp³-hybridized carbons (Fsp3) is 0.308. The van der Waals surface area contributed by atoms with Crippen molar-refractivity contribution in [1.82, 2.24) is 10.6 Å². The molecule has 1 unspecified atom stereocenters. The molecule has 21 heavy (non-hydrogen) atoms. The highest BCUT2D eigenvalue weighted by Crippen LogP contribution is 2.11. The highest BCUT2D eigenvalue weighted by atomic mass is 16.4. The number of hydrogen-bond acceptors (Lipinski definition) is 6. The van der Waals surface area contributed by atoms with E-state index >= 15 is 0 Å². The number of anilines is 1. The van der Waals surface area contributed by atoms with Crippen molar-refractivity contribution in [2.75, 3.05) is 25.0 Å². The summed E-state index contributed by atoms with van der Waals surface area (Å²) in [5.74, 6) is -1.05. The number of benzene rings is 1. The van der Waals surface area contributed by atoms with Crippen molar-refractivity contribution in [1.29, 1.82) is 0 Å². The van der Waals surface area contributed by atoms with Gasteiger partial charge in [-0.1, -0.05) is 6.07 Å². The number of hydrogen-bond donors (Lipinski definition) is 5. The number of carbonyl (C=O) groups excluding carboxylic acids is 1. The fourth-order valence-corrected chi connectivity index (χ4v) is 1.75. The van der Waals surface area contributed by atoms with E-state index in [1.165, 1.54) is 0 Å². The molecule has 1 aromatic carbocycles. The van der Waals surface area contributed by atoms with Gasteiger partial charge in [-0.05, 0) is 18.2 Å². The zero-order valence-electron chi connectivity index (χ0n) is 11.2. The molecule has 1 aliphatic heterocycles. The van der Waals surface area contributed by atoms with Crippen molar-refractivity contribution >= 4 is 23.5 Å². The van der Waals surface area contributed by atoms with Crippen LogP contribution in [0.3, 0.4) is 0 Å². The number of aliphatic hydroxyl groups excluding tert-OH is 1. The number of rotatable bonds is 4. The minimum absolute atomic E-state index is 0.314. The molecule has 1 amide bonds. The predicted molar refractivity (Wildman–Crippen MR) is 76.3 cm³/mol. The SMILES string of the molecule is O=C(O)CNC(=O)c1cccc(NC2=NCC(O)CN2)c1.